The van der Waals surface area contributed by atoms with E-state index in [1.54, 1.807) is 0 Å². The predicted molar refractivity (Wildman–Crippen MR) is 113 cm³/mol. The lowest BCUT2D eigenvalue weighted by atomic mass is 10.1. The van der Waals surface area contributed by atoms with Crippen molar-refractivity contribution in [3.63, 3.8) is 0 Å². The summed E-state index contributed by atoms with van der Waals surface area (Å²) >= 11 is 7.56. The zero-order valence-corrected chi connectivity index (χ0v) is 19.4. The van der Waals surface area contributed by atoms with Gasteiger partial charge in [-0.3, -0.25) is 0 Å². The highest BCUT2D eigenvalue weighted by atomic mass is 79.9. The van der Waals surface area contributed by atoms with Crippen molar-refractivity contribution in [1.82, 2.24) is 0 Å². The standard InChI is InChI=1S/C18H24Br2Si2/c1-21(2,3)13-7-9-15(17(19)11-13)16-10-8-14(12-18(16)20)22(4,5)6/h7-12H,1-6H3. The molecule has 0 bridgehead atoms. The van der Waals surface area contributed by atoms with Crippen molar-refractivity contribution in [2.45, 2.75) is 39.3 Å². The van der Waals surface area contributed by atoms with Crippen molar-refractivity contribution in [3.8, 4) is 11.1 Å². The van der Waals surface area contributed by atoms with Gasteiger partial charge in [0.25, 0.3) is 0 Å². The Hall–Kier alpha value is -0.166. The van der Waals surface area contributed by atoms with E-state index in [9.17, 15) is 0 Å². The third kappa shape index (κ3) is 4.02. The quantitative estimate of drug-likeness (QED) is 0.500. The molecule has 22 heavy (non-hydrogen) atoms. The molecule has 0 spiro atoms. The molecule has 118 valence electrons. The Morgan fingerprint density at radius 2 is 0.909 bits per heavy atom. The summed E-state index contributed by atoms with van der Waals surface area (Å²) in [6.07, 6.45) is 0. The Bertz CT molecular complexity index is 634. The second kappa shape index (κ2) is 6.38. The molecular weight excluding hydrogens is 432 g/mol. The van der Waals surface area contributed by atoms with Crippen LogP contribution >= 0.6 is 31.9 Å². The van der Waals surface area contributed by atoms with Crippen molar-refractivity contribution in [3.05, 3.63) is 45.3 Å². The highest BCUT2D eigenvalue weighted by Gasteiger charge is 2.20. The fraction of sp³-hybridized carbons (Fsp3) is 0.333. The maximum Gasteiger partial charge on any atom is 0.0776 e. The summed E-state index contributed by atoms with van der Waals surface area (Å²) in [5.41, 5.74) is 2.52. The molecule has 2 aromatic rings. The highest BCUT2D eigenvalue weighted by Crippen LogP contribution is 2.33. The van der Waals surface area contributed by atoms with Gasteiger partial charge in [0.15, 0.2) is 0 Å². The van der Waals surface area contributed by atoms with Gasteiger partial charge in [-0.1, -0.05) is 106 Å². The summed E-state index contributed by atoms with van der Waals surface area (Å²) < 4.78 is 2.38. The number of halogens is 2. The summed E-state index contributed by atoms with van der Waals surface area (Å²) in [6, 6.07) is 13.7. The van der Waals surface area contributed by atoms with Crippen molar-refractivity contribution in [2.24, 2.45) is 0 Å². The molecule has 2 aromatic carbocycles. The van der Waals surface area contributed by atoms with Gasteiger partial charge in [0, 0.05) is 8.95 Å². The van der Waals surface area contributed by atoms with Crippen LogP contribution in [0.25, 0.3) is 11.1 Å². The van der Waals surface area contributed by atoms with Crippen LogP contribution < -0.4 is 10.4 Å². The molecule has 0 heterocycles. The number of benzene rings is 2. The van der Waals surface area contributed by atoms with Crippen LogP contribution in [-0.4, -0.2) is 16.1 Å². The van der Waals surface area contributed by atoms with Gasteiger partial charge in [-0.05, 0) is 23.3 Å². The van der Waals surface area contributed by atoms with Crippen molar-refractivity contribution >= 4 is 58.4 Å². The smallest absolute Gasteiger partial charge is 0.0656 e. The van der Waals surface area contributed by atoms with Crippen LogP contribution in [0.2, 0.25) is 39.3 Å². The zero-order chi connectivity index (χ0) is 16.7. The van der Waals surface area contributed by atoms with E-state index in [0.717, 1.165) is 0 Å². The van der Waals surface area contributed by atoms with Gasteiger partial charge in [0.2, 0.25) is 0 Å². The molecule has 0 aliphatic heterocycles. The fourth-order valence-electron chi connectivity index (χ4n) is 2.40. The van der Waals surface area contributed by atoms with Crippen molar-refractivity contribution in [1.29, 1.82) is 0 Å². The van der Waals surface area contributed by atoms with Crippen LogP contribution in [0.1, 0.15) is 0 Å². The van der Waals surface area contributed by atoms with E-state index in [0.29, 0.717) is 0 Å². The number of hydrogen-bond acceptors (Lipinski definition) is 0. The Kier molecular flexibility index (Phi) is 5.27. The monoisotopic (exact) mass is 454 g/mol. The molecule has 0 N–H and O–H groups in total. The fourth-order valence-corrected chi connectivity index (χ4v) is 6.33. The predicted octanol–water partition coefficient (Wildman–Crippen LogP) is 5.97. The Morgan fingerprint density at radius 3 is 1.14 bits per heavy atom. The summed E-state index contributed by atoms with van der Waals surface area (Å²) in [7, 11) is -2.54. The second-order valence-corrected chi connectivity index (χ2v) is 19.8. The number of rotatable bonds is 3. The molecule has 0 saturated carbocycles. The Balaban J connectivity index is 2.49. The summed E-state index contributed by atoms with van der Waals surface area (Å²) in [5, 5.41) is 2.97. The van der Waals surface area contributed by atoms with E-state index in [-0.39, 0.29) is 0 Å². The van der Waals surface area contributed by atoms with Crippen LogP contribution in [0.15, 0.2) is 45.3 Å². The first-order valence-electron chi connectivity index (χ1n) is 7.60. The molecule has 0 atom stereocenters. The van der Waals surface area contributed by atoms with Gasteiger partial charge in [-0.2, -0.15) is 0 Å². The summed E-state index contributed by atoms with van der Waals surface area (Å²) in [4.78, 5) is 0. The van der Waals surface area contributed by atoms with Crippen LogP contribution in [0.3, 0.4) is 0 Å². The molecule has 0 unspecified atom stereocenters. The van der Waals surface area contributed by atoms with Crippen LogP contribution in [0, 0.1) is 0 Å². The average molecular weight is 456 g/mol. The van der Waals surface area contributed by atoms with E-state index in [1.807, 2.05) is 0 Å². The molecule has 0 radical (unpaired) electrons. The third-order valence-electron chi connectivity index (χ3n) is 3.96. The Labute approximate surface area is 153 Å². The van der Waals surface area contributed by atoms with E-state index < -0.39 is 16.1 Å². The minimum absolute atomic E-state index is 1.19. The topological polar surface area (TPSA) is 0 Å². The molecular formula is C18H24Br2Si2. The lowest BCUT2D eigenvalue weighted by Crippen LogP contribution is -2.37. The van der Waals surface area contributed by atoms with Gasteiger partial charge in [-0.15, -0.1) is 0 Å². The molecule has 0 aliphatic carbocycles. The first kappa shape index (κ1) is 18.2. The molecule has 0 nitrogen and oxygen atoms in total. The van der Waals surface area contributed by atoms with E-state index in [2.05, 4.69) is 108 Å². The largest absolute Gasteiger partial charge is 0.0776 e. The number of hydrogen-bond donors (Lipinski definition) is 0. The molecule has 0 fully saturated rings. The van der Waals surface area contributed by atoms with Crippen molar-refractivity contribution < 1.29 is 0 Å². The second-order valence-electron chi connectivity index (χ2n) is 7.89. The maximum absolute atomic E-state index is 3.78. The first-order chi connectivity index (χ1) is 10.00. The van der Waals surface area contributed by atoms with Crippen LogP contribution in [0.4, 0.5) is 0 Å². The van der Waals surface area contributed by atoms with E-state index in [1.165, 1.54) is 30.4 Å². The zero-order valence-electron chi connectivity index (χ0n) is 14.2. The molecule has 2 rings (SSSR count). The van der Waals surface area contributed by atoms with E-state index >= 15 is 0 Å². The average Bonchev–Trinajstić information content (AvgIpc) is 2.37. The minimum Gasteiger partial charge on any atom is -0.0656 e. The van der Waals surface area contributed by atoms with Gasteiger partial charge >= 0.3 is 0 Å². The third-order valence-corrected chi connectivity index (χ3v) is 9.36. The van der Waals surface area contributed by atoms with Crippen LogP contribution in [0.5, 0.6) is 0 Å². The summed E-state index contributed by atoms with van der Waals surface area (Å²) in [6.45, 7) is 14.3. The normalized spacial score (nSPS) is 12.5. The first-order valence-corrected chi connectivity index (χ1v) is 16.2. The SMILES string of the molecule is C[Si](C)(C)c1ccc(-c2ccc([Si](C)(C)C)cc2Br)c(Br)c1. The molecule has 4 heteroatoms. The van der Waals surface area contributed by atoms with E-state index in [4.69, 9.17) is 0 Å². The minimum atomic E-state index is -1.27. The lowest BCUT2D eigenvalue weighted by Gasteiger charge is -2.20. The van der Waals surface area contributed by atoms with Crippen molar-refractivity contribution in [2.75, 3.05) is 0 Å². The van der Waals surface area contributed by atoms with Gasteiger partial charge < -0.3 is 0 Å². The van der Waals surface area contributed by atoms with Gasteiger partial charge in [-0.25, -0.2) is 0 Å². The maximum atomic E-state index is 3.78. The molecule has 0 amide bonds. The van der Waals surface area contributed by atoms with Gasteiger partial charge in [0.1, 0.15) is 0 Å². The van der Waals surface area contributed by atoms with Crippen LogP contribution in [-0.2, 0) is 0 Å². The molecule has 0 aliphatic rings. The highest BCUT2D eigenvalue weighted by molar-refractivity contribution is 9.11. The summed E-state index contributed by atoms with van der Waals surface area (Å²) in [5.74, 6) is 0. The van der Waals surface area contributed by atoms with Gasteiger partial charge in [0.05, 0.1) is 16.1 Å². The molecule has 0 saturated heterocycles. The lowest BCUT2D eigenvalue weighted by molar-refractivity contribution is 1.56. The molecule has 0 aromatic heterocycles. The Morgan fingerprint density at radius 1 is 0.591 bits per heavy atom.